The predicted octanol–water partition coefficient (Wildman–Crippen LogP) is 5.65. The lowest BCUT2D eigenvalue weighted by Gasteiger charge is -2.08. The van der Waals surface area contributed by atoms with E-state index in [4.69, 9.17) is 27.4 Å². The van der Waals surface area contributed by atoms with Crippen LogP contribution in [0.4, 0.5) is 0 Å². The number of hydrogen-bond donors (Lipinski definition) is 7. The topological polar surface area (TPSA) is 224 Å². The molecule has 0 aliphatic heterocycles. The van der Waals surface area contributed by atoms with Crippen molar-refractivity contribution in [3.63, 3.8) is 0 Å². The molecule has 0 atom stereocenters. The van der Waals surface area contributed by atoms with Crippen molar-refractivity contribution in [3.8, 4) is 0 Å². The monoisotopic (exact) mass is 902 g/mol. The molecule has 43 heavy (non-hydrogen) atoms. The van der Waals surface area contributed by atoms with Gasteiger partial charge in [0.1, 0.15) is 0 Å². The Labute approximate surface area is 302 Å². The third kappa shape index (κ3) is 17.4. The first kappa shape index (κ1) is 43.5. The van der Waals surface area contributed by atoms with E-state index in [0.29, 0.717) is 11.5 Å². The summed E-state index contributed by atoms with van der Waals surface area (Å²) in [6.07, 6.45) is 0. The Morgan fingerprint density at radius 2 is 0.930 bits per heavy atom. The number of hydrogen-bond acceptors (Lipinski definition) is 10. The third-order valence-corrected chi connectivity index (χ3v) is 6.95. The van der Waals surface area contributed by atoms with Crippen LogP contribution in [0.25, 0.3) is 22.1 Å². The molecule has 0 bridgehead atoms. The van der Waals surface area contributed by atoms with Gasteiger partial charge in [-0.1, -0.05) is 79.6 Å². The maximum Gasteiger partial charge on any atom is 0.160 e. The first-order valence-electron chi connectivity index (χ1n) is 11.8. The maximum absolute atomic E-state index is 7.57. The van der Waals surface area contributed by atoms with Gasteiger partial charge >= 0.3 is 0 Å². The largest absolute Gasteiger partial charge is 0.397 e. The number of aliphatic hydroxyl groups is 1. The van der Waals surface area contributed by atoms with Crippen LogP contribution in [0.3, 0.4) is 0 Å². The molecule has 0 amide bonds. The second-order valence-electron chi connectivity index (χ2n) is 7.50. The summed E-state index contributed by atoms with van der Waals surface area (Å²) in [5.41, 5.74) is 27.0. The SMILES string of the molecule is Br.Br.BrCc1nc2ccccc2nc1CBr.CCO.N=C(N)SCc1nc2ccccc2nc1CSC(=N)N.NC(N)=S. The zero-order valence-electron chi connectivity index (χ0n) is 23.0. The number of nitrogens with one attached hydrogen (secondary N) is 2. The third-order valence-electron chi connectivity index (χ3n) is 4.43. The van der Waals surface area contributed by atoms with E-state index < -0.39 is 0 Å². The number of thiocarbonyl (C=S) groups is 1. The van der Waals surface area contributed by atoms with Gasteiger partial charge in [0.05, 0.1) is 44.8 Å². The standard InChI is InChI=1S/C12H14N6S2.C10H8Br2N2.C2H6O.CH4N2S.2BrH/c13-11(14)19-5-9-10(6-20-12(15)16)18-8-4-2-1-3-7(8)17-9;11-5-9-10(6-12)14-8-4-2-1-3-7(8)13-9;1-2-3;2-1(3)4;;/h1-4H,5-6H2,(H3,13,14)(H3,15,16);1-4H,5-6H2;3H,2H2,1H3;(H4,2,3,4);2*1H. The van der Waals surface area contributed by atoms with Gasteiger partial charge in [0.25, 0.3) is 0 Å². The summed E-state index contributed by atoms with van der Waals surface area (Å²) in [4.78, 5) is 18.2. The molecule has 2 heterocycles. The zero-order valence-corrected chi connectivity index (χ0v) is 32.0. The molecule has 11 nitrogen and oxygen atoms in total. The molecule has 2 aromatic carbocycles. The van der Waals surface area contributed by atoms with Crippen LogP contribution in [0.15, 0.2) is 48.5 Å². The highest BCUT2D eigenvalue weighted by Crippen LogP contribution is 2.21. The molecule has 18 heteroatoms. The molecule has 11 N–H and O–H groups in total. The van der Waals surface area contributed by atoms with Crippen molar-refractivity contribution in [3.05, 3.63) is 71.3 Å². The fourth-order valence-electron chi connectivity index (χ4n) is 2.88. The molecular weight excluding hydrogens is 872 g/mol. The van der Waals surface area contributed by atoms with Crippen molar-refractivity contribution in [2.24, 2.45) is 22.9 Å². The normalized spacial score (nSPS) is 9.40. The van der Waals surface area contributed by atoms with Crippen molar-refractivity contribution in [1.82, 2.24) is 19.9 Å². The number of benzene rings is 2. The lowest BCUT2D eigenvalue weighted by atomic mass is 10.2. The van der Waals surface area contributed by atoms with Crippen molar-refractivity contribution in [2.75, 3.05) is 6.61 Å². The van der Waals surface area contributed by atoms with Gasteiger partial charge in [0, 0.05) is 28.8 Å². The van der Waals surface area contributed by atoms with Gasteiger partial charge in [-0.05, 0) is 43.4 Å². The second-order valence-corrected chi connectivity index (χ2v) is 11.1. The summed E-state index contributed by atoms with van der Waals surface area (Å²) in [6, 6.07) is 15.5. The summed E-state index contributed by atoms with van der Waals surface area (Å²) in [5, 5.41) is 23.7. The quantitative estimate of drug-likeness (QED) is 0.0540. The van der Waals surface area contributed by atoms with E-state index in [9.17, 15) is 0 Å². The highest BCUT2D eigenvalue weighted by atomic mass is 79.9. The molecule has 236 valence electrons. The number of nitrogens with two attached hydrogens (primary N) is 4. The summed E-state index contributed by atoms with van der Waals surface area (Å²) in [6.45, 7) is 1.93. The number of aliphatic hydroxyl groups excluding tert-OH is 1. The minimum atomic E-state index is 0. The van der Waals surface area contributed by atoms with Gasteiger partial charge in [-0.3, -0.25) is 10.8 Å². The molecule has 0 aliphatic carbocycles. The molecule has 0 saturated carbocycles. The first-order chi connectivity index (χ1) is 19.6. The summed E-state index contributed by atoms with van der Waals surface area (Å²) >= 11 is 13.3. The van der Waals surface area contributed by atoms with E-state index in [1.165, 1.54) is 23.5 Å². The van der Waals surface area contributed by atoms with Crippen molar-refractivity contribution >= 4 is 139 Å². The smallest absolute Gasteiger partial charge is 0.160 e. The Morgan fingerprint density at radius 3 is 1.14 bits per heavy atom. The number of amidine groups is 2. The number of rotatable bonds is 6. The number of para-hydroxylation sites is 4. The van der Waals surface area contributed by atoms with Crippen molar-refractivity contribution in [2.45, 2.75) is 29.1 Å². The zero-order chi connectivity index (χ0) is 30.8. The van der Waals surface area contributed by atoms with E-state index in [2.05, 4.69) is 75.5 Å². The molecule has 4 aromatic rings. The van der Waals surface area contributed by atoms with Crippen LogP contribution in [-0.2, 0) is 22.2 Å². The second kappa shape index (κ2) is 24.6. The molecule has 0 aliphatic rings. The van der Waals surface area contributed by atoms with E-state index in [1.54, 1.807) is 6.92 Å². The summed E-state index contributed by atoms with van der Waals surface area (Å²) in [7, 11) is 0. The molecule has 0 fully saturated rings. The van der Waals surface area contributed by atoms with Crippen LogP contribution in [0, 0.1) is 10.8 Å². The minimum Gasteiger partial charge on any atom is -0.397 e. The lowest BCUT2D eigenvalue weighted by molar-refractivity contribution is 0.318. The average molecular weight is 906 g/mol. The highest BCUT2D eigenvalue weighted by molar-refractivity contribution is 9.09. The lowest BCUT2D eigenvalue weighted by Crippen LogP contribution is -2.18. The number of aromatic nitrogens is 4. The van der Waals surface area contributed by atoms with E-state index in [1.807, 2.05) is 48.5 Å². The number of fused-ring (bicyclic) bond motifs is 2. The minimum absolute atomic E-state index is 0. The fourth-order valence-corrected chi connectivity index (χ4v) is 4.83. The highest BCUT2D eigenvalue weighted by Gasteiger charge is 2.10. The Morgan fingerprint density at radius 1 is 0.698 bits per heavy atom. The van der Waals surface area contributed by atoms with Crippen molar-refractivity contribution < 1.29 is 5.11 Å². The molecule has 0 spiro atoms. The van der Waals surface area contributed by atoms with Gasteiger partial charge < -0.3 is 28.0 Å². The Kier molecular flexibility index (Phi) is 24.9. The van der Waals surface area contributed by atoms with Gasteiger partial charge in [-0.15, -0.1) is 34.0 Å². The number of alkyl halides is 2. The fraction of sp³-hybridized carbons (Fsp3) is 0.240. The molecule has 0 unspecified atom stereocenters. The molecule has 4 rings (SSSR count). The predicted molar refractivity (Wildman–Crippen MR) is 205 cm³/mol. The van der Waals surface area contributed by atoms with Gasteiger partial charge in [-0.25, -0.2) is 19.9 Å². The summed E-state index contributed by atoms with van der Waals surface area (Å²) < 4.78 is 0. The Bertz CT molecular complexity index is 1350. The number of thioether (sulfide) groups is 2. The van der Waals surface area contributed by atoms with Crippen LogP contribution >= 0.6 is 102 Å². The van der Waals surface area contributed by atoms with Gasteiger partial charge in [0.2, 0.25) is 0 Å². The van der Waals surface area contributed by atoms with Crippen LogP contribution in [0.1, 0.15) is 29.7 Å². The van der Waals surface area contributed by atoms with E-state index in [0.717, 1.165) is 55.5 Å². The molecule has 2 aromatic heterocycles. The van der Waals surface area contributed by atoms with Gasteiger partial charge in [-0.2, -0.15) is 0 Å². The van der Waals surface area contributed by atoms with Crippen LogP contribution < -0.4 is 22.9 Å². The average Bonchev–Trinajstić information content (AvgIpc) is 2.94. The summed E-state index contributed by atoms with van der Waals surface area (Å²) in [5.74, 6) is 0.974. The van der Waals surface area contributed by atoms with Crippen LogP contribution in [0.2, 0.25) is 0 Å². The van der Waals surface area contributed by atoms with Crippen LogP contribution in [0.5, 0.6) is 0 Å². The van der Waals surface area contributed by atoms with Crippen LogP contribution in [-0.4, -0.2) is 47.1 Å². The van der Waals surface area contributed by atoms with Crippen molar-refractivity contribution in [1.29, 1.82) is 10.8 Å². The molecule has 0 radical (unpaired) electrons. The maximum atomic E-state index is 7.57. The number of nitrogens with zero attached hydrogens (tertiary/aromatic N) is 4. The van der Waals surface area contributed by atoms with E-state index in [-0.39, 0.29) is 56.0 Å². The van der Waals surface area contributed by atoms with Gasteiger partial charge in [0.15, 0.2) is 15.4 Å². The Hall–Kier alpha value is -1.67. The molecule has 0 saturated heterocycles. The van der Waals surface area contributed by atoms with E-state index >= 15 is 0 Å². The molecular formula is C25H34Br4N10OS3. The Balaban J connectivity index is 0. The number of halogens is 4. The first-order valence-corrected chi connectivity index (χ1v) is 16.4.